The lowest BCUT2D eigenvalue weighted by Gasteiger charge is -2.20. The van der Waals surface area contributed by atoms with Gasteiger partial charge in [0.1, 0.15) is 5.78 Å². The lowest BCUT2D eigenvalue weighted by molar-refractivity contribution is -0.137. The van der Waals surface area contributed by atoms with E-state index in [-0.39, 0.29) is 18.0 Å². The number of Topliss-reactive ketones (excluding diaryl/α,β-unsaturated/α-hetero) is 1. The predicted octanol–water partition coefficient (Wildman–Crippen LogP) is 5.71. The maximum Gasteiger partial charge on any atom is 0.416 e. The van der Waals surface area contributed by atoms with Crippen LogP contribution in [0.1, 0.15) is 59.1 Å². The molecular weight excluding hydrogens is 329 g/mol. The Bertz CT molecular complexity index is 667. The fourth-order valence-corrected chi connectivity index (χ4v) is 1.92. The highest BCUT2D eigenvalue weighted by Gasteiger charge is 2.30. The topological polar surface area (TPSA) is 34.1 Å². The van der Waals surface area contributed by atoms with Gasteiger partial charge in [0, 0.05) is 17.3 Å². The van der Waals surface area contributed by atoms with Gasteiger partial charge in [-0.1, -0.05) is 53.7 Å². The van der Waals surface area contributed by atoms with Crippen LogP contribution in [0.5, 0.6) is 0 Å². The van der Waals surface area contributed by atoms with E-state index in [4.69, 9.17) is 0 Å². The van der Waals surface area contributed by atoms with Gasteiger partial charge in [-0.3, -0.25) is 9.59 Å². The minimum atomic E-state index is -4.43. The fourth-order valence-electron chi connectivity index (χ4n) is 1.92. The number of alkyl halides is 3. The molecule has 0 heterocycles. The summed E-state index contributed by atoms with van der Waals surface area (Å²) in [6.07, 6.45) is -3.05. The number of carbonyl (C=O) groups excluding carboxylic acids is 2. The lowest BCUT2D eigenvalue weighted by atomic mass is 9.83. The Kier molecular flexibility index (Phi) is 6.04. The zero-order valence-electron chi connectivity index (χ0n) is 15.5. The number of carbonyl (C=O) groups is 2. The Balaban J connectivity index is 3.30. The first-order valence-electron chi connectivity index (χ1n) is 8.08. The smallest absolute Gasteiger partial charge is 0.299 e. The molecule has 0 spiro atoms. The predicted molar refractivity (Wildman–Crippen MR) is 93.0 cm³/mol. The number of rotatable bonds is 4. The molecule has 25 heavy (non-hydrogen) atoms. The van der Waals surface area contributed by atoms with Crippen molar-refractivity contribution < 1.29 is 22.8 Å². The van der Waals surface area contributed by atoms with Crippen molar-refractivity contribution in [3.63, 3.8) is 0 Å². The monoisotopic (exact) mass is 354 g/mol. The quantitative estimate of drug-likeness (QED) is 0.649. The minimum Gasteiger partial charge on any atom is -0.299 e. The van der Waals surface area contributed by atoms with E-state index in [0.717, 1.165) is 12.1 Å². The summed E-state index contributed by atoms with van der Waals surface area (Å²) in [5, 5.41) is 0. The summed E-state index contributed by atoms with van der Waals surface area (Å²) in [6.45, 7) is 10.6. The van der Waals surface area contributed by atoms with E-state index in [9.17, 15) is 22.8 Å². The van der Waals surface area contributed by atoms with Gasteiger partial charge in [0.05, 0.1) is 5.56 Å². The van der Waals surface area contributed by atoms with Crippen molar-refractivity contribution in [1.29, 1.82) is 0 Å². The van der Waals surface area contributed by atoms with Gasteiger partial charge in [-0.05, 0) is 29.3 Å². The molecule has 0 bridgehead atoms. The van der Waals surface area contributed by atoms with Gasteiger partial charge in [0.15, 0.2) is 5.78 Å². The molecule has 0 fully saturated rings. The van der Waals surface area contributed by atoms with Gasteiger partial charge < -0.3 is 0 Å². The summed E-state index contributed by atoms with van der Waals surface area (Å²) >= 11 is 0. The highest BCUT2D eigenvalue weighted by atomic mass is 19.4. The van der Waals surface area contributed by atoms with Gasteiger partial charge in [-0.25, -0.2) is 0 Å². The second-order valence-electron chi connectivity index (χ2n) is 8.21. The van der Waals surface area contributed by atoms with Gasteiger partial charge in [-0.2, -0.15) is 13.2 Å². The molecule has 0 aliphatic heterocycles. The summed E-state index contributed by atoms with van der Waals surface area (Å²) in [5.74, 6) is -0.260. The molecule has 5 heteroatoms. The van der Waals surface area contributed by atoms with Gasteiger partial charge in [0.2, 0.25) is 0 Å². The molecule has 0 aromatic heterocycles. The fraction of sp³-hybridized carbons (Fsp3) is 0.500. The summed E-state index contributed by atoms with van der Waals surface area (Å²) in [4.78, 5) is 24.7. The summed E-state index contributed by atoms with van der Waals surface area (Å²) in [7, 11) is 0. The Hall–Kier alpha value is -1.91. The van der Waals surface area contributed by atoms with Gasteiger partial charge in [-0.15, -0.1) is 0 Å². The second-order valence-corrected chi connectivity index (χ2v) is 8.21. The average molecular weight is 354 g/mol. The first kappa shape index (κ1) is 21.1. The van der Waals surface area contributed by atoms with Crippen molar-refractivity contribution >= 4 is 17.1 Å². The van der Waals surface area contributed by atoms with E-state index in [2.05, 4.69) is 0 Å². The summed E-state index contributed by atoms with van der Waals surface area (Å²) < 4.78 is 38.2. The largest absolute Gasteiger partial charge is 0.416 e. The summed E-state index contributed by atoms with van der Waals surface area (Å²) in [6, 6.07) is 4.54. The van der Waals surface area contributed by atoms with E-state index in [0.29, 0.717) is 11.1 Å². The maximum absolute atomic E-state index is 12.7. The molecule has 0 amide bonds. The normalized spacial score (nSPS) is 13.7. The van der Waals surface area contributed by atoms with Crippen LogP contribution in [0.4, 0.5) is 13.2 Å². The molecule has 1 aromatic carbocycles. The molecule has 0 N–H and O–H groups in total. The molecule has 0 atom stereocenters. The molecule has 0 unspecified atom stereocenters. The Labute approximate surface area is 147 Å². The minimum absolute atomic E-state index is 0.00329. The molecule has 138 valence electrons. The molecule has 1 aromatic rings. The molecule has 0 aliphatic carbocycles. The number of halogens is 3. The molecule has 2 nitrogen and oxygen atoms in total. The molecule has 0 saturated heterocycles. The van der Waals surface area contributed by atoms with Crippen molar-refractivity contribution in [3.8, 4) is 0 Å². The highest BCUT2D eigenvalue weighted by molar-refractivity contribution is 6.04. The van der Waals surface area contributed by atoms with Crippen molar-refractivity contribution in [3.05, 3.63) is 41.5 Å². The second kappa shape index (κ2) is 7.14. The highest BCUT2D eigenvalue weighted by Crippen LogP contribution is 2.32. The third-order valence-electron chi connectivity index (χ3n) is 3.82. The zero-order chi connectivity index (χ0) is 19.6. The van der Waals surface area contributed by atoms with E-state index in [1.807, 2.05) is 0 Å². The number of hydrogen-bond acceptors (Lipinski definition) is 2. The summed E-state index contributed by atoms with van der Waals surface area (Å²) in [5.41, 5.74) is -1.12. The van der Waals surface area contributed by atoms with Crippen LogP contribution in [0.3, 0.4) is 0 Å². The third kappa shape index (κ3) is 6.15. The van der Waals surface area contributed by atoms with Crippen molar-refractivity contribution in [2.24, 2.45) is 10.8 Å². The van der Waals surface area contributed by atoms with Crippen molar-refractivity contribution in [2.75, 3.05) is 0 Å². The molecule has 0 saturated carbocycles. The van der Waals surface area contributed by atoms with E-state index in [1.54, 1.807) is 41.5 Å². The van der Waals surface area contributed by atoms with E-state index >= 15 is 0 Å². The van der Waals surface area contributed by atoms with Crippen LogP contribution < -0.4 is 0 Å². The number of benzene rings is 1. The lowest BCUT2D eigenvalue weighted by Crippen LogP contribution is -2.22. The number of ketones is 2. The van der Waals surface area contributed by atoms with E-state index in [1.165, 1.54) is 18.2 Å². The SMILES string of the molecule is CC(C)(C)C(=O)/C=C(/CC(=O)C(C)(C)C)c1ccc(C(F)(F)F)cc1. The van der Waals surface area contributed by atoms with Crippen LogP contribution in [0, 0.1) is 10.8 Å². The Morgan fingerprint density at radius 3 is 1.72 bits per heavy atom. The van der Waals surface area contributed by atoms with Crippen LogP contribution in [-0.4, -0.2) is 11.6 Å². The van der Waals surface area contributed by atoms with Crippen molar-refractivity contribution in [2.45, 2.75) is 54.1 Å². The molecule has 0 aliphatic rings. The van der Waals surface area contributed by atoms with Crippen LogP contribution >= 0.6 is 0 Å². The molecule has 0 radical (unpaired) electrons. The zero-order valence-corrected chi connectivity index (χ0v) is 15.5. The number of hydrogen-bond donors (Lipinski definition) is 0. The van der Waals surface area contributed by atoms with Crippen LogP contribution in [0.2, 0.25) is 0 Å². The standard InChI is InChI=1S/C20H25F3O2/c1-18(2,3)16(24)11-14(12-17(25)19(4,5)6)13-7-9-15(10-8-13)20(21,22)23/h7-11H,12H2,1-6H3/b14-11-. The van der Waals surface area contributed by atoms with Crippen LogP contribution in [0.25, 0.3) is 5.57 Å². The first-order chi connectivity index (χ1) is 11.1. The number of allylic oxidation sites excluding steroid dienone is 2. The van der Waals surface area contributed by atoms with Crippen LogP contribution in [-0.2, 0) is 15.8 Å². The first-order valence-corrected chi connectivity index (χ1v) is 8.08. The maximum atomic E-state index is 12.7. The third-order valence-corrected chi connectivity index (χ3v) is 3.82. The van der Waals surface area contributed by atoms with Gasteiger partial charge >= 0.3 is 6.18 Å². The Morgan fingerprint density at radius 2 is 1.36 bits per heavy atom. The molecular formula is C20H25F3O2. The van der Waals surface area contributed by atoms with Gasteiger partial charge in [0.25, 0.3) is 0 Å². The Morgan fingerprint density at radius 1 is 0.880 bits per heavy atom. The van der Waals surface area contributed by atoms with Crippen molar-refractivity contribution in [1.82, 2.24) is 0 Å². The average Bonchev–Trinajstić information content (AvgIpc) is 2.43. The van der Waals surface area contributed by atoms with Crippen LogP contribution in [0.15, 0.2) is 30.3 Å². The molecule has 1 rings (SSSR count). The van der Waals surface area contributed by atoms with E-state index < -0.39 is 22.6 Å².